The number of amides is 1. The van der Waals surface area contributed by atoms with Crippen LogP contribution in [0, 0.1) is 0 Å². The molecule has 0 aliphatic rings. The van der Waals surface area contributed by atoms with Crippen LogP contribution < -0.4 is 14.8 Å². The van der Waals surface area contributed by atoms with Gasteiger partial charge in [0, 0.05) is 24.9 Å². The van der Waals surface area contributed by atoms with Crippen LogP contribution in [0.5, 0.6) is 11.5 Å². The predicted molar refractivity (Wildman–Crippen MR) is 110 cm³/mol. The molecule has 0 saturated carbocycles. The number of aliphatic hydroxyl groups excluding tert-OH is 1. The molecule has 0 saturated heterocycles. The number of hydrogen-bond acceptors (Lipinski definition) is 7. The van der Waals surface area contributed by atoms with Gasteiger partial charge in [0.15, 0.2) is 0 Å². The first-order valence-corrected chi connectivity index (χ1v) is 9.64. The first-order valence-electron chi connectivity index (χ1n) is 9.64. The Balaban J connectivity index is 1.40. The van der Waals surface area contributed by atoms with Gasteiger partial charge in [-0.2, -0.15) is 4.98 Å². The zero-order chi connectivity index (χ0) is 21.3. The van der Waals surface area contributed by atoms with Crippen molar-refractivity contribution in [3.05, 3.63) is 60.0 Å². The van der Waals surface area contributed by atoms with Crippen LogP contribution in [0.1, 0.15) is 30.4 Å². The first kappa shape index (κ1) is 21.3. The maximum absolute atomic E-state index is 12.0. The number of aromatic nitrogens is 2. The smallest absolute Gasteiger partial charge is 0.226 e. The maximum atomic E-state index is 12.0. The highest BCUT2D eigenvalue weighted by molar-refractivity contribution is 5.75. The van der Waals surface area contributed by atoms with Gasteiger partial charge in [-0.25, -0.2) is 0 Å². The van der Waals surface area contributed by atoms with Gasteiger partial charge in [-0.1, -0.05) is 17.3 Å². The van der Waals surface area contributed by atoms with Gasteiger partial charge in [-0.05, 0) is 48.4 Å². The lowest BCUT2D eigenvalue weighted by atomic mass is 10.1. The second-order valence-electron chi connectivity index (χ2n) is 6.69. The topological polar surface area (TPSA) is 107 Å². The van der Waals surface area contributed by atoms with E-state index in [1.165, 1.54) is 0 Å². The molecule has 0 aliphatic carbocycles. The molecule has 0 radical (unpaired) electrons. The number of benzene rings is 2. The Morgan fingerprint density at radius 2 is 1.70 bits per heavy atom. The standard InChI is InChI=1S/C22H25N3O5/c1-28-17-10-6-15(7-11-17)19(26)14-23-20(27)4-3-5-21-24-22(25-30-21)16-8-12-18(29-2)13-9-16/h6-13,19,26H,3-5,14H2,1-2H3,(H,23,27). The fraction of sp³-hybridized carbons (Fsp3) is 0.318. The number of nitrogens with one attached hydrogen (secondary N) is 1. The fourth-order valence-electron chi connectivity index (χ4n) is 2.86. The maximum Gasteiger partial charge on any atom is 0.226 e. The molecule has 0 aliphatic heterocycles. The molecule has 1 aromatic heterocycles. The van der Waals surface area contributed by atoms with Crippen LogP contribution in [0.4, 0.5) is 0 Å². The molecule has 0 fully saturated rings. The molecule has 3 aromatic rings. The van der Waals surface area contributed by atoms with Gasteiger partial charge in [-0.15, -0.1) is 0 Å². The van der Waals surface area contributed by atoms with Crippen LogP contribution >= 0.6 is 0 Å². The summed E-state index contributed by atoms with van der Waals surface area (Å²) in [5, 5.41) is 16.9. The Bertz CT molecular complexity index is 938. The number of ether oxygens (including phenoxy) is 2. The number of methoxy groups -OCH3 is 2. The number of nitrogens with zero attached hydrogens (tertiary/aromatic N) is 2. The van der Waals surface area contributed by atoms with Crippen LogP contribution in [0.25, 0.3) is 11.4 Å². The highest BCUT2D eigenvalue weighted by Gasteiger charge is 2.12. The molecule has 3 rings (SSSR count). The van der Waals surface area contributed by atoms with Crippen molar-refractivity contribution in [1.82, 2.24) is 15.5 Å². The third-order valence-electron chi connectivity index (χ3n) is 4.60. The highest BCUT2D eigenvalue weighted by Crippen LogP contribution is 2.20. The third-order valence-corrected chi connectivity index (χ3v) is 4.60. The second-order valence-corrected chi connectivity index (χ2v) is 6.69. The molecule has 1 amide bonds. The monoisotopic (exact) mass is 411 g/mol. The van der Waals surface area contributed by atoms with Crippen LogP contribution in [0.2, 0.25) is 0 Å². The van der Waals surface area contributed by atoms with Gasteiger partial charge < -0.3 is 24.4 Å². The summed E-state index contributed by atoms with van der Waals surface area (Å²) >= 11 is 0. The molecule has 2 N–H and O–H groups in total. The molecule has 158 valence electrons. The Morgan fingerprint density at radius 1 is 1.07 bits per heavy atom. The van der Waals surface area contributed by atoms with E-state index in [0.717, 1.165) is 11.3 Å². The number of aryl methyl sites for hydroxylation is 1. The Morgan fingerprint density at radius 3 is 2.33 bits per heavy atom. The molecule has 30 heavy (non-hydrogen) atoms. The van der Waals surface area contributed by atoms with Crippen LogP contribution in [0.3, 0.4) is 0 Å². The van der Waals surface area contributed by atoms with E-state index in [9.17, 15) is 9.90 Å². The minimum Gasteiger partial charge on any atom is -0.497 e. The SMILES string of the molecule is COc1ccc(-c2noc(CCCC(=O)NCC(O)c3ccc(OC)cc3)n2)cc1. The van der Waals surface area contributed by atoms with E-state index in [0.29, 0.717) is 42.3 Å². The third kappa shape index (κ3) is 5.81. The van der Waals surface area contributed by atoms with Crippen molar-refractivity contribution in [3.63, 3.8) is 0 Å². The normalized spacial score (nSPS) is 11.7. The Labute approximate surface area is 174 Å². The average molecular weight is 411 g/mol. The van der Waals surface area contributed by atoms with Gasteiger partial charge >= 0.3 is 0 Å². The number of carbonyl (C=O) groups excluding carboxylic acids is 1. The van der Waals surface area contributed by atoms with Gasteiger partial charge in [0.2, 0.25) is 17.6 Å². The van der Waals surface area contributed by atoms with Gasteiger partial charge in [-0.3, -0.25) is 4.79 Å². The predicted octanol–water partition coefficient (Wildman–Crippen LogP) is 2.93. The zero-order valence-corrected chi connectivity index (χ0v) is 17.0. The fourth-order valence-corrected chi connectivity index (χ4v) is 2.86. The molecular formula is C22H25N3O5. The largest absolute Gasteiger partial charge is 0.497 e. The van der Waals surface area contributed by atoms with Gasteiger partial charge in [0.05, 0.1) is 20.3 Å². The quantitative estimate of drug-likeness (QED) is 0.528. The van der Waals surface area contributed by atoms with E-state index in [4.69, 9.17) is 14.0 Å². The second kappa shape index (κ2) is 10.4. The molecule has 8 heteroatoms. The van der Waals surface area contributed by atoms with Crippen molar-refractivity contribution in [2.75, 3.05) is 20.8 Å². The minimum absolute atomic E-state index is 0.141. The molecule has 1 heterocycles. The van der Waals surface area contributed by atoms with E-state index in [-0.39, 0.29) is 12.5 Å². The molecule has 1 atom stereocenters. The lowest BCUT2D eigenvalue weighted by molar-refractivity contribution is -0.121. The van der Waals surface area contributed by atoms with E-state index < -0.39 is 6.10 Å². The molecule has 0 spiro atoms. The lowest BCUT2D eigenvalue weighted by Crippen LogP contribution is -2.28. The number of hydrogen-bond donors (Lipinski definition) is 2. The first-order chi connectivity index (χ1) is 14.6. The summed E-state index contributed by atoms with van der Waals surface area (Å²) in [7, 11) is 3.19. The van der Waals surface area contributed by atoms with Crippen LogP contribution in [0.15, 0.2) is 53.1 Å². The van der Waals surface area contributed by atoms with Gasteiger partial charge in [0.1, 0.15) is 11.5 Å². The summed E-state index contributed by atoms with van der Waals surface area (Å²) in [5.41, 5.74) is 1.55. The van der Waals surface area contributed by atoms with E-state index in [2.05, 4.69) is 15.5 Å². The summed E-state index contributed by atoms with van der Waals surface area (Å²) in [6, 6.07) is 14.4. The zero-order valence-electron chi connectivity index (χ0n) is 17.0. The molecule has 2 aromatic carbocycles. The molecule has 8 nitrogen and oxygen atoms in total. The number of aliphatic hydroxyl groups is 1. The highest BCUT2D eigenvalue weighted by atomic mass is 16.5. The van der Waals surface area contributed by atoms with Gasteiger partial charge in [0.25, 0.3) is 0 Å². The van der Waals surface area contributed by atoms with Crippen molar-refractivity contribution in [2.45, 2.75) is 25.4 Å². The lowest BCUT2D eigenvalue weighted by Gasteiger charge is -2.12. The summed E-state index contributed by atoms with van der Waals surface area (Å²) in [6.07, 6.45) is 0.588. The van der Waals surface area contributed by atoms with Crippen molar-refractivity contribution in [2.24, 2.45) is 0 Å². The van der Waals surface area contributed by atoms with Crippen LogP contribution in [-0.4, -0.2) is 41.9 Å². The molecular weight excluding hydrogens is 386 g/mol. The summed E-state index contributed by atoms with van der Waals surface area (Å²) in [4.78, 5) is 16.4. The Kier molecular flexibility index (Phi) is 7.40. The summed E-state index contributed by atoms with van der Waals surface area (Å²) in [6.45, 7) is 0.146. The van der Waals surface area contributed by atoms with Crippen molar-refractivity contribution in [3.8, 4) is 22.9 Å². The van der Waals surface area contributed by atoms with E-state index in [1.807, 2.05) is 24.3 Å². The number of carbonyl (C=O) groups is 1. The average Bonchev–Trinajstić information content (AvgIpc) is 3.26. The number of rotatable bonds is 10. The van der Waals surface area contributed by atoms with E-state index in [1.54, 1.807) is 38.5 Å². The van der Waals surface area contributed by atoms with Crippen LogP contribution in [-0.2, 0) is 11.2 Å². The molecule has 0 bridgehead atoms. The minimum atomic E-state index is -0.775. The molecule has 1 unspecified atom stereocenters. The Hall–Kier alpha value is -3.39. The van der Waals surface area contributed by atoms with E-state index >= 15 is 0 Å². The van der Waals surface area contributed by atoms with Crippen molar-refractivity contribution < 1.29 is 23.9 Å². The van der Waals surface area contributed by atoms with Crippen molar-refractivity contribution >= 4 is 5.91 Å². The summed E-state index contributed by atoms with van der Waals surface area (Å²) in [5.74, 6) is 2.31. The van der Waals surface area contributed by atoms with Crippen molar-refractivity contribution in [1.29, 1.82) is 0 Å². The summed E-state index contributed by atoms with van der Waals surface area (Å²) < 4.78 is 15.5.